The summed E-state index contributed by atoms with van der Waals surface area (Å²) in [5.41, 5.74) is 3.56. The van der Waals surface area contributed by atoms with Gasteiger partial charge in [0.15, 0.2) is 0 Å². The Bertz CT molecular complexity index is 516. The van der Waals surface area contributed by atoms with Crippen LogP contribution in [0.3, 0.4) is 0 Å². The molecule has 0 spiro atoms. The first-order valence-electron chi connectivity index (χ1n) is 8.19. The van der Waals surface area contributed by atoms with Crippen LogP contribution in [0.2, 0.25) is 0 Å². The number of rotatable bonds is 6. The van der Waals surface area contributed by atoms with Crippen LogP contribution < -0.4 is 4.74 Å². The van der Waals surface area contributed by atoms with Crippen molar-refractivity contribution in [2.75, 3.05) is 47.0 Å². The number of methoxy groups -OCH3 is 1. The van der Waals surface area contributed by atoms with E-state index in [2.05, 4.69) is 37.9 Å². The van der Waals surface area contributed by atoms with E-state index in [1.807, 2.05) is 4.90 Å². The van der Waals surface area contributed by atoms with Crippen molar-refractivity contribution in [2.24, 2.45) is 0 Å². The zero-order valence-corrected chi connectivity index (χ0v) is 14.7. The molecule has 0 aliphatic carbocycles. The number of nitrogens with zero attached hydrogens (tertiary/aromatic N) is 2. The summed E-state index contributed by atoms with van der Waals surface area (Å²) < 4.78 is 10.7. The molecule has 1 saturated heterocycles. The fourth-order valence-corrected chi connectivity index (χ4v) is 3.10. The fourth-order valence-electron chi connectivity index (χ4n) is 3.10. The summed E-state index contributed by atoms with van der Waals surface area (Å²) in [5, 5.41) is 0. The third-order valence-electron chi connectivity index (χ3n) is 4.25. The molecule has 0 N–H and O–H groups in total. The van der Waals surface area contributed by atoms with Crippen molar-refractivity contribution in [3.63, 3.8) is 0 Å². The summed E-state index contributed by atoms with van der Waals surface area (Å²) in [5.74, 6) is 1.18. The van der Waals surface area contributed by atoms with Crippen LogP contribution in [0.1, 0.15) is 23.1 Å². The van der Waals surface area contributed by atoms with Crippen LogP contribution in [0.15, 0.2) is 12.1 Å². The number of hydrogen-bond donors (Lipinski definition) is 0. The van der Waals surface area contributed by atoms with Crippen molar-refractivity contribution in [3.8, 4) is 5.75 Å². The van der Waals surface area contributed by atoms with Gasteiger partial charge in [0.1, 0.15) is 5.75 Å². The second-order valence-electron chi connectivity index (χ2n) is 6.24. The van der Waals surface area contributed by atoms with E-state index in [-0.39, 0.29) is 5.91 Å². The minimum absolute atomic E-state index is 0.224. The van der Waals surface area contributed by atoms with Gasteiger partial charge in [-0.05, 0) is 37.6 Å². The number of hydrogen-bond acceptors (Lipinski definition) is 4. The predicted molar refractivity (Wildman–Crippen MR) is 90.8 cm³/mol. The van der Waals surface area contributed by atoms with Crippen LogP contribution in [0.5, 0.6) is 5.75 Å². The monoisotopic (exact) mass is 320 g/mol. The zero-order chi connectivity index (χ0) is 16.8. The van der Waals surface area contributed by atoms with Gasteiger partial charge in [-0.1, -0.05) is 12.1 Å². The van der Waals surface area contributed by atoms with E-state index in [4.69, 9.17) is 9.47 Å². The molecule has 1 aromatic rings. The first-order chi connectivity index (χ1) is 11.0. The average molecular weight is 320 g/mol. The molecule has 128 valence electrons. The van der Waals surface area contributed by atoms with Crippen LogP contribution in [0.4, 0.5) is 0 Å². The molecular formula is C18H28N2O3. The van der Waals surface area contributed by atoms with E-state index >= 15 is 0 Å². The molecule has 0 aromatic heterocycles. The molecule has 0 saturated carbocycles. The fraction of sp³-hybridized carbons (Fsp3) is 0.611. The Morgan fingerprint density at radius 3 is 2.43 bits per heavy atom. The Morgan fingerprint density at radius 1 is 1.26 bits per heavy atom. The molecule has 1 aliphatic rings. The predicted octanol–water partition coefficient (Wildman–Crippen LogP) is 1.99. The molecule has 23 heavy (non-hydrogen) atoms. The summed E-state index contributed by atoms with van der Waals surface area (Å²) in [7, 11) is 3.76. The van der Waals surface area contributed by atoms with Crippen molar-refractivity contribution in [2.45, 2.75) is 26.8 Å². The molecule has 0 bridgehead atoms. The molecule has 2 rings (SSSR count). The van der Waals surface area contributed by atoms with Crippen molar-refractivity contribution in [1.82, 2.24) is 9.80 Å². The normalized spacial score (nSPS) is 15.1. The average Bonchev–Trinajstić information content (AvgIpc) is 2.53. The maximum atomic E-state index is 12.2. The van der Waals surface area contributed by atoms with Crippen LogP contribution >= 0.6 is 0 Å². The standard InChI is InChI=1S/C18H28N2O3/c1-14-11-16(12-15(2)18(14)22-4)13-19(3)6-5-17(21)20-7-9-23-10-8-20/h11-12H,5-10,13H2,1-4H3. The number of benzene rings is 1. The first kappa shape index (κ1) is 17.8. The number of amides is 1. The highest BCUT2D eigenvalue weighted by molar-refractivity contribution is 5.76. The van der Waals surface area contributed by atoms with Crippen LogP contribution in [0.25, 0.3) is 0 Å². The topological polar surface area (TPSA) is 42.0 Å². The van der Waals surface area contributed by atoms with Crippen LogP contribution in [0, 0.1) is 13.8 Å². The van der Waals surface area contributed by atoms with Gasteiger partial charge in [-0.15, -0.1) is 0 Å². The molecule has 0 radical (unpaired) electrons. The Labute approximate surface area is 139 Å². The number of carbonyl (C=O) groups is 1. The number of carbonyl (C=O) groups excluding carboxylic acids is 1. The quantitative estimate of drug-likeness (QED) is 0.804. The van der Waals surface area contributed by atoms with Crippen LogP contribution in [-0.4, -0.2) is 62.7 Å². The summed E-state index contributed by atoms with van der Waals surface area (Å²) in [4.78, 5) is 16.3. The van der Waals surface area contributed by atoms with Gasteiger partial charge in [0.05, 0.1) is 20.3 Å². The Morgan fingerprint density at radius 2 is 1.87 bits per heavy atom. The minimum Gasteiger partial charge on any atom is -0.496 e. The van der Waals surface area contributed by atoms with Gasteiger partial charge in [-0.3, -0.25) is 4.79 Å². The molecule has 1 heterocycles. The highest BCUT2D eigenvalue weighted by atomic mass is 16.5. The third-order valence-corrected chi connectivity index (χ3v) is 4.25. The van der Waals surface area contributed by atoms with Crippen LogP contribution in [-0.2, 0) is 16.1 Å². The Hall–Kier alpha value is -1.59. The number of morpholine rings is 1. The van der Waals surface area contributed by atoms with Crippen molar-refractivity contribution >= 4 is 5.91 Å². The highest BCUT2D eigenvalue weighted by Gasteiger charge is 2.17. The lowest BCUT2D eigenvalue weighted by Crippen LogP contribution is -2.41. The van der Waals surface area contributed by atoms with Gasteiger partial charge < -0.3 is 19.3 Å². The second kappa shape index (κ2) is 8.31. The van der Waals surface area contributed by atoms with E-state index in [1.165, 1.54) is 5.56 Å². The number of aryl methyl sites for hydroxylation is 2. The van der Waals surface area contributed by atoms with Gasteiger partial charge in [0.25, 0.3) is 0 Å². The van der Waals surface area contributed by atoms with Crippen molar-refractivity contribution in [3.05, 3.63) is 28.8 Å². The number of ether oxygens (including phenoxy) is 2. The largest absolute Gasteiger partial charge is 0.496 e. The van der Waals surface area contributed by atoms with Crippen molar-refractivity contribution in [1.29, 1.82) is 0 Å². The lowest BCUT2D eigenvalue weighted by molar-refractivity contribution is -0.135. The Balaban J connectivity index is 1.84. The van der Waals surface area contributed by atoms with Gasteiger partial charge in [0.2, 0.25) is 5.91 Å². The van der Waals surface area contributed by atoms with E-state index in [0.29, 0.717) is 19.6 Å². The Kier molecular flexibility index (Phi) is 6.42. The van der Waals surface area contributed by atoms with Gasteiger partial charge in [-0.2, -0.15) is 0 Å². The molecule has 1 aromatic carbocycles. The second-order valence-corrected chi connectivity index (χ2v) is 6.24. The first-order valence-corrected chi connectivity index (χ1v) is 8.19. The summed E-state index contributed by atoms with van der Waals surface area (Å²) in [6.07, 6.45) is 0.560. The smallest absolute Gasteiger partial charge is 0.224 e. The van der Waals surface area contributed by atoms with E-state index < -0.39 is 0 Å². The SMILES string of the molecule is COc1c(C)cc(CN(C)CCC(=O)N2CCOCC2)cc1C. The maximum Gasteiger partial charge on any atom is 0.224 e. The maximum absolute atomic E-state index is 12.2. The summed E-state index contributed by atoms with van der Waals surface area (Å²) >= 11 is 0. The molecule has 1 amide bonds. The van der Waals surface area contributed by atoms with E-state index in [9.17, 15) is 4.79 Å². The molecule has 5 nitrogen and oxygen atoms in total. The summed E-state index contributed by atoms with van der Waals surface area (Å²) in [6.45, 7) is 8.49. The van der Waals surface area contributed by atoms with E-state index in [0.717, 1.165) is 43.1 Å². The van der Waals surface area contributed by atoms with Gasteiger partial charge >= 0.3 is 0 Å². The molecular weight excluding hydrogens is 292 g/mol. The van der Waals surface area contributed by atoms with E-state index in [1.54, 1.807) is 7.11 Å². The lowest BCUT2D eigenvalue weighted by Gasteiger charge is -2.27. The van der Waals surface area contributed by atoms with Crippen molar-refractivity contribution < 1.29 is 14.3 Å². The molecule has 1 fully saturated rings. The molecule has 0 atom stereocenters. The molecule has 0 unspecified atom stereocenters. The molecule has 1 aliphatic heterocycles. The van der Waals surface area contributed by atoms with Gasteiger partial charge in [-0.25, -0.2) is 0 Å². The highest BCUT2D eigenvalue weighted by Crippen LogP contribution is 2.24. The van der Waals surface area contributed by atoms with Gasteiger partial charge in [0, 0.05) is 32.6 Å². The zero-order valence-electron chi connectivity index (χ0n) is 14.7. The summed E-state index contributed by atoms with van der Waals surface area (Å²) in [6, 6.07) is 4.32. The molecule has 5 heteroatoms. The lowest BCUT2D eigenvalue weighted by atomic mass is 10.1. The third kappa shape index (κ3) is 4.94. The minimum atomic E-state index is 0.224.